The van der Waals surface area contributed by atoms with Gasteiger partial charge in [0.05, 0.1) is 18.6 Å². The van der Waals surface area contributed by atoms with Gasteiger partial charge in [0.25, 0.3) is 5.91 Å². The van der Waals surface area contributed by atoms with E-state index in [1.54, 1.807) is 49.9 Å². The van der Waals surface area contributed by atoms with Crippen LogP contribution in [0.4, 0.5) is 4.79 Å². The van der Waals surface area contributed by atoms with Crippen LogP contribution in [0.3, 0.4) is 0 Å². The molecule has 1 saturated heterocycles. The molecule has 13 nitrogen and oxygen atoms in total. The number of nitrogens with one attached hydrogen (secondary N) is 3. The number of benzene rings is 3. The standard InChI is InChI=1S/C43H53N5O8/c1-5-14-34(38(50)41(53)44-28(4)30-17-10-7-11-18-30)45-39(51)35-24-33(56-43(55)47-22-21-31-19-12-13-20-32(31)25-47)26-48(35)42(54)37(27(2)3)46-40(52)36(49)23-29-15-8-6-9-16-29/h6-13,15-20,27-28,33-37,49H,5,14,21-26H2,1-4H3,(H,44,53)(H,45,51)(H,46,52)/t28-,33-,34?,35?,36+,37-/m0/s1. The zero-order chi connectivity index (χ0) is 40.4. The van der Waals surface area contributed by atoms with Crippen molar-refractivity contribution in [2.75, 3.05) is 13.1 Å². The predicted molar refractivity (Wildman–Crippen MR) is 209 cm³/mol. The number of nitrogens with zero attached hydrogens (tertiary/aromatic N) is 2. The average molecular weight is 768 g/mol. The Balaban J connectivity index is 1.33. The van der Waals surface area contributed by atoms with Crippen molar-refractivity contribution >= 4 is 35.5 Å². The van der Waals surface area contributed by atoms with Crippen molar-refractivity contribution in [1.82, 2.24) is 25.8 Å². The third kappa shape index (κ3) is 10.6. The van der Waals surface area contributed by atoms with Gasteiger partial charge in [-0.2, -0.15) is 0 Å². The first kappa shape index (κ1) is 41.6. The first-order chi connectivity index (χ1) is 26.9. The molecule has 5 amide bonds. The minimum atomic E-state index is -1.44. The van der Waals surface area contributed by atoms with E-state index in [0.717, 1.165) is 22.3 Å². The summed E-state index contributed by atoms with van der Waals surface area (Å²) >= 11 is 0. The Kier molecular flexibility index (Phi) is 14.4. The second-order valence-electron chi connectivity index (χ2n) is 14.9. The molecule has 3 aromatic rings. The number of carbonyl (C=O) groups excluding carboxylic acids is 6. The lowest BCUT2D eigenvalue weighted by molar-refractivity contribution is -0.145. The third-order valence-corrected chi connectivity index (χ3v) is 10.4. The normalized spacial score (nSPS) is 18.5. The molecule has 0 bridgehead atoms. The van der Waals surface area contributed by atoms with Crippen LogP contribution in [0.1, 0.15) is 75.3 Å². The van der Waals surface area contributed by atoms with Gasteiger partial charge in [-0.05, 0) is 47.9 Å². The van der Waals surface area contributed by atoms with E-state index in [1.165, 1.54) is 4.90 Å². The van der Waals surface area contributed by atoms with Crippen LogP contribution in [0.25, 0.3) is 0 Å². The first-order valence-electron chi connectivity index (χ1n) is 19.4. The maximum absolute atomic E-state index is 14.4. The molecule has 2 aliphatic heterocycles. The van der Waals surface area contributed by atoms with E-state index in [9.17, 15) is 33.9 Å². The molecule has 0 aliphatic carbocycles. The van der Waals surface area contributed by atoms with E-state index in [1.807, 2.05) is 67.6 Å². The molecule has 2 aliphatic rings. The van der Waals surface area contributed by atoms with Crippen LogP contribution in [0.5, 0.6) is 0 Å². The van der Waals surface area contributed by atoms with Crippen molar-refractivity contribution in [3.8, 4) is 0 Å². The number of ether oxygens (including phenoxy) is 1. The maximum Gasteiger partial charge on any atom is 0.410 e. The number of rotatable bonds is 15. The highest BCUT2D eigenvalue weighted by molar-refractivity contribution is 6.38. The second-order valence-corrected chi connectivity index (χ2v) is 14.9. The molecule has 0 aromatic heterocycles. The van der Waals surface area contributed by atoms with E-state index < -0.39 is 77.8 Å². The van der Waals surface area contributed by atoms with Crippen LogP contribution in [-0.2, 0) is 48.1 Å². The molecule has 56 heavy (non-hydrogen) atoms. The van der Waals surface area contributed by atoms with Gasteiger partial charge in [-0.25, -0.2) is 4.79 Å². The Hall–Kier alpha value is -5.56. The molecule has 6 atom stereocenters. The number of aliphatic hydroxyl groups excluding tert-OH is 1. The molecule has 13 heteroatoms. The fraction of sp³-hybridized carbons (Fsp3) is 0.442. The van der Waals surface area contributed by atoms with Crippen LogP contribution in [0.2, 0.25) is 0 Å². The zero-order valence-corrected chi connectivity index (χ0v) is 32.5. The molecular weight excluding hydrogens is 714 g/mol. The summed E-state index contributed by atoms with van der Waals surface area (Å²) in [7, 11) is 0. The fourth-order valence-electron chi connectivity index (χ4n) is 7.19. The Bertz CT molecular complexity index is 1850. The second kappa shape index (κ2) is 19.3. The summed E-state index contributed by atoms with van der Waals surface area (Å²) in [5, 5.41) is 18.9. The highest BCUT2D eigenvalue weighted by Crippen LogP contribution is 2.26. The number of amides is 5. The SMILES string of the molecule is CCCC(NC(=O)C1C[C@H](OC(=O)N2CCc3ccccc3C2)CN1C(=O)[C@@H](NC(=O)[C@H](O)Cc1ccccc1)C(C)C)C(=O)C(=O)N[C@@H](C)c1ccccc1. The van der Waals surface area contributed by atoms with Crippen molar-refractivity contribution in [3.05, 3.63) is 107 Å². The quantitative estimate of drug-likeness (QED) is 0.170. The summed E-state index contributed by atoms with van der Waals surface area (Å²) in [5.41, 5.74) is 3.70. The van der Waals surface area contributed by atoms with Gasteiger partial charge in [-0.15, -0.1) is 0 Å². The lowest BCUT2D eigenvalue weighted by atomic mass is 10.0. The van der Waals surface area contributed by atoms with Gasteiger partial charge in [-0.3, -0.25) is 24.0 Å². The number of likely N-dealkylation sites (tertiary alicyclic amines) is 1. The molecular formula is C43H53N5O8. The molecule has 2 heterocycles. The zero-order valence-electron chi connectivity index (χ0n) is 32.5. The summed E-state index contributed by atoms with van der Waals surface area (Å²) in [6.07, 6.45) is -1.67. The highest BCUT2D eigenvalue weighted by atomic mass is 16.6. The van der Waals surface area contributed by atoms with E-state index in [4.69, 9.17) is 4.74 Å². The van der Waals surface area contributed by atoms with E-state index in [-0.39, 0.29) is 25.8 Å². The lowest BCUT2D eigenvalue weighted by Gasteiger charge is -2.31. The summed E-state index contributed by atoms with van der Waals surface area (Å²) in [6, 6.07) is 22.0. The largest absolute Gasteiger partial charge is 0.444 e. The summed E-state index contributed by atoms with van der Waals surface area (Å²) < 4.78 is 5.93. The number of ketones is 1. The van der Waals surface area contributed by atoms with Gasteiger partial charge in [0.2, 0.25) is 23.5 Å². The lowest BCUT2D eigenvalue weighted by Crippen LogP contribution is -2.58. The number of hydrogen-bond donors (Lipinski definition) is 4. The number of hydrogen-bond acceptors (Lipinski definition) is 8. The Morgan fingerprint density at radius 2 is 1.48 bits per heavy atom. The predicted octanol–water partition coefficient (Wildman–Crippen LogP) is 3.63. The number of fused-ring (bicyclic) bond motifs is 1. The molecule has 0 radical (unpaired) electrons. The fourth-order valence-corrected chi connectivity index (χ4v) is 7.19. The molecule has 5 rings (SSSR count). The van der Waals surface area contributed by atoms with Crippen molar-refractivity contribution < 1.29 is 38.6 Å². The van der Waals surface area contributed by atoms with Gasteiger partial charge in [0.1, 0.15) is 24.3 Å². The van der Waals surface area contributed by atoms with Crippen molar-refractivity contribution in [2.45, 2.75) is 103 Å². The Morgan fingerprint density at radius 3 is 2.14 bits per heavy atom. The topological polar surface area (TPSA) is 174 Å². The van der Waals surface area contributed by atoms with Crippen molar-refractivity contribution in [1.29, 1.82) is 0 Å². The summed E-state index contributed by atoms with van der Waals surface area (Å²) in [5.74, 6) is -4.20. The number of Topliss-reactive ketones (excluding diaryl/α,β-unsaturated/α-hetero) is 1. The van der Waals surface area contributed by atoms with Crippen LogP contribution in [0, 0.1) is 5.92 Å². The number of carbonyl (C=O) groups is 6. The van der Waals surface area contributed by atoms with Crippen LogP contribution >= 0.6 is 0 Å². The Morgan fingerprint density at radius 1 is 0.839 bits per heavy atom. The van der Waals surface area contributed by atoms with Gasteiger partial charge in [0, 0.05) is 25.9 Å². The summed E-state index contributed by atoms with van der Waals surface area (Å²) in [6.45, 7) is 7.67. The smallest absolute Gasteiger partial charge is 0.410 e. The first-order valence-corrected chi connectivity index (χ1v) is 19.4. The average Bonchev–Trinajstić information content (AvgIpc) is 3.63. The van der Waals surface area contributed by atoms with E-state index in [2.05, 4.69) is 16.0 Å². The summed E-state index contributed by atoms with van der Waals surface area (Å²) in [4.78, 5) is 84.7. The molecule has 3 aromatic carbocycles. The molecule has 0 saturated carbocycles. The highest BCUT2D eigenvalue weighted by Gasteiger charge is 2.45. The molecule has 298 valence electrons. The molecule has 1 fully saturated rings. The van der Waals surface area contributed by atoms with Gasteiger partial charge < -0.3 is 35.6 Å². The van der Waals surface area contributed by atoms with Crippen LogP contribution < -0.4 is 16.0 Å². The van der Waals surface area contributed by atoms with Crippen LogP contribution in [-0.4, -0.2) is 93.8 Å². The van der Waals surface area contributed by atoms with Crippen LogP contribution in [0.15, 0.2) is 84.9 Å². The molecule has 2 unspecified atom stereocenters. The monoisotopic (exact) mass is 767 g/mol. The van der Waals surface area contributed by atoms with Crippen molar-refractivity contribution in [3.63, 3.8) is 0 Å². The van der Waals surface area contributed by atoms with Gasteiger partial charge in [0.15, 0.2) is 0 Å². The van der Waals surface area contributed by atoms with Gasteiger partial charge in [-0.1, -0.05) is 112 Å². The number of aliphatic hydroxyl groups is 1. The molecule has 0 spiro atoms. The minimum absolute atomic E-state index is 0.0317. The third-order valence-electron chi connectivity index (χ3n) is 10.4. The van der Waals surface area contributed by atoms with Gasteiger partial charge >= 0.3 is 6.09 Å². The Labute approximate surface area is 328 Å². The maximum atomic E-state index is 14.4. The van der Waals surface area contributed by atoms with E-state index >= 15 is 0 Å². The molecule has 4 N–H and O–H groups in total. The van der Waals surface area contributed by atoms with E-state index in [0.29, 0.717) is 25.9 Å². The minimum Gasteiger partial charge on any atom is -0.444 e. The van der Waals surface area contributed by atoms with Crippen molar-refractivity contribution in [2.24, 2.45) is 5.92 Å².